The van der Waals surface area contributed by atoms with Crippen molar-refractivity contribution in [1.29, 1.82) is 0 Å². The van der Waals surface area contributed by atoms with Crippen molar-refractivity contribution in [3.8, 4) is 0 Å². The fourth-order valence-corrected chi connectivity index (χ4v) is 1.53. The summed E-state index contributed by atoms with van der Waals surface area (Å²) in [6, 6.07) is 4.49. The molecule has 0 saturated heterocycles. The third kappa shape index (κ3) is 3.05. The second kappa shape index (κ2) is 4.91. The van der Waals surface area contributed by atoms with Crippen LogP contribution in [0.25, 0.3) is 0 Å². The van der Waals surface area contributed by atoms with Crippen LogP contribution < -0.4 is 0 Å². The zero-order valence-corrected chi connectivity index (χ0v) is 8.96. The summed E-state index contributed by atoms with van der Waals surface area (Å²) in [5.41, 5.74) is 1.72. The molecule has 1 rings (SSSR count). The van der Waals surface area contributed by atoms with E-state index in [1.807, 2.05) is 13.8 Å². The number of rotatable bonds is 4. The summed E-state index contributed by atoms with van der Waals surface area (Å²) >= 11 is 0. The molecule has 0 aliphatic carbocycles. The number of benzene rings is 1. The molecule has 3 heteroatoms. The van der Waals surface area contributed by atoms with Crippen molar-refractivity contribution in [2.24, 2.45) is 5.92 Å². The highest BCUT2D eigenvalue weighted by molar-refractivity contribution is 5.70. The van der Waals surface area contributed by atoms with E-state index in [2.05, 4.69) is 0 Å². The van der Waals surface area contributed by atoms with Crippen molar-refractivity contribution >= 4 is 5.97 Å². The summed E-state index contributed by atoms with van der Waals surface area (Å²) < 4.78 is 13.0. The Kier molecular flexibility index (Phi) is 3.83. The number of halogens is 1. The molecule has 2 nitrogen and oxygen atoms in total. The topological polar surface area (TPSA) is 37.3 Å². The van der Waals surface area contributed by atoms with Crippen LogP contribution in [-0.4, -0.2) is 11.1 Å². The normalized spacial score (nSPS) is 12.5. The predicted octanol–water partition coefficient (Wildman–Crippen LogP) is 2.79. The Morgan fingerprint density at radius 1 is 1.53 bits per heavy atom. The van der Waals surface area contributed by atoms with Crippen LogP contribution in [0.4, 0.5) is 4.39 Å². The summed E-state index contributed by atoms with van der Waals surface area (Å²) in [6.45, 7) is 3.69. The molecule has 1 N–H and O–H groups in total. The highest BCUT2D eigenvalue weighted by atomic mass is 19.1. The lowest BCUT2D eigenvalue weighted by Gasteiger charge is -2.11. The summed E-state index contributed by atoms with van der Waals surface area (Å²) in [7, 11) is 0. The molecular weight excluding hydrogens is 195 g/mol. The first-order valence-corrected chi connectivity index (χ1v) is 5.02. The van der Waals surface area contributed by atoms with Crippen LogP contribution in [0.1, 0.15) is 24.5 Å². The van der Waals surface area contributed by atoms with E-state index in [4.69, 9.17) is 5.11 Å². The smallest absolute Gasteiger partial charge is 0.306 e. The fourth-order valence-electron chi connectivity index (χ4n) is 1.53. The van der Waals surface area contributed by atoms with Crippen LogP contribution in [-0.2, 0) is 11.2 Å². The van der Waals surface area contributed by atoms with Gasteiger partial charge in [-0.3, -0.25) is 4.79 Å². The molecule has 0 saturated carbocycles. The Labute approximate surface area is 88.7 Å². The quantitative estimate of drug-likeness (QED) is 0.829. The number of carboxylic acids is 1. The molecule has 1 unspecified atom stereocenters. The minimum atomic E-state index is -0.818. The number of carboxylic acid groups (broad SMARTS) is 1. The lowest BCUT2D eigenvalue weighted by atomic mass is 9.94. The minimum absolute atomic E-state index is 0.309. The van der Waals surface area contributed by atoms with Crippen LogP contribution >= 0.6 is 0 Å². The van der Waals surface area contributed by atoms with Gasteiger partial charge in [-0.1, -0.05) is 13.0 Å². The number of carbonyl (C=O) groups is 1. The number of hydrogen-bond acceptors (Lipinski definition) is 1. The maximum Gasteiger partial charge on any atom is 0.306 e. The van der Waals surface area contributed by atoms with E-state index in [0.29, 0.717) is 12.8 Å². The Balaban J connectivity index is 2.87. The molecule has 0 spiro atoms. The van der Waals surface area contributed by atoms with Crippen LogP contribution in [0.5, 0.6) is 0 Å². The molecule has 0 heterocycles. The molecule has 0 bridgehead atoms. The number of aliphatic carboxylic acids is 1. The lowest BCUT2D eigenvalue weighted by Crippen LogP contribution is -2.16. The fraction of sp³-hybridized carbons (Fsp3) is 0.417. The predicted molar refractivity (Wildman–Crippen MR) is 56.3 cm³/mol. The van der Waals surface area contributed by atoms with Crippen LogP contribution in [0, 0.1) is 18.7 Å². The molecule has 1 aromatic rings. The standard InChI is InChI=1S/C12H15FO2/c1-3-9(12(14)15)6-10-7-11(13)5-4-8(10)2/h4-5,7,9H,3,6H2,1-2H3,(H,14,15). The van der Waals surface area contributed by atoms with E-state index >= 15 is 0 Å². The third-order valence-electron chi connectivity index (χ3n) is 2.62. The number of aryl methyl sites for hydroxylation is 1. The van der Waals surface area contributed by atoms with E-state index in [1.165, 1.54) is 12.1 Å². The van der Waals surface area contributed by atoms with Gasteiger partial charge in [-0.25, -0.2) is 4.39 Å². The van der Waals surface area contributed by atoms with Crippen molar-refractivity contribution in [3.05, 3.63) is 35.1 Å². The summed E-state index contributed by atoms with van der Waals surface area (Å²) in [4.78, 5) is 10.8. The SMILES string of the molecule is CCC(Cc1cc(F)ccc1C)C(=O)O. The Morgan fingerprint density at radius 2 is 2.20 bits per heavy atom. The van der Waals surface area contributed by atoms with Crippen molar-refractivity contribution in [1.82, 2.24) is 0 Å². The van der Waals surface area contributed by atoms with Gasteiger partial charge in [0.2, 0.25) is 0 Å². The van der Waals surface area contributed by atoms with Crippen LogP contribution in [0.3, 0.4) is 0 Å². The van der Waals surface area contributed by atoms with E-state index in [1.54, 1.807) is 6.07 Å². The zero-order chi connectivity index (χ0) is 11.4. The zero-order valence-electron chi connectivity index (χ0n) is 8.96. The van der Waals surface area contributed by atoms with E-state index < -0.39 is 11.9 Å². The van der Waals surface area contributed by atoms with Gasteiger partial charge in [-0.15, -0.1) is 0 Å². The monoisotopic (exact) mass is 210 g/mol. The summed E-state index contributed by atoms with van der Waals surface area (Å²) in [5.74, 6) is -1.55. The van der Waals surface area contributed by atoms with Gasteiger partial charge in [0, 0.05) is 0 Å². The van der Waals surface area contributed by atoms with E-state index in [0.717, 1.165) is 11.1 Å². The van der Waals surface area contributed by atoms with Gasteiger partial charge in [-0.05, 0) is 43.0 Å². The highest BCUT2D eigenvalue weighted by Crippen LogP contribution is 2.17. The highest BCUT2D eigenvalue weighted by Gasteiger charge is 2.16. The molecule has 0 aliphatic heterocycles. The Morgan fingerprint density at radius 3 is 2.73 bits per heavy atom. The average Bonchev–Trinajstić information content (AvgIpc) is 2.18. The van der Waals surface area contributed by atoms with Crippen LogP contribution in [0.2, 0.25) is 0 Å². The summed E-state index contributed by atoms with van der Waals surface area (Å²) in [5, 5.41) is 8.90. The first kappa shape index (κ1) is 11.7. The van der Waals surface area contributed by atoms with E-state index in [9.17, 15) is 9.18 Å². The van der Waals surface area contributed by atoms with Gasteiger partial charge in [0.15, 0.2) is 0 Å². The second-order valence-electron chi connectivity index (χ2n) is 3.72. The first-order valence-electron chi connectivity index (χ1n) is 5.02. The molecule has 0 radical (unpaired) electrons. The minimum Gasteiger partial charge on any atom is -0.481 e. The van der Waals surface area contributed by atoms with E-state index in [-0.39, 0.29) is 5.82 Å². The Bertz CT molecular complexity index is 361. The Hall–Kier alpha value is -1.38. The van der Waals surface area contributed by atoms with Crippen molar-refractivity contribution in [3.63, 3.8) is 0 Å². The van der Waals surface area contributed by atoms with Gasteiger partial charge >= 0.3 is 5.97 Å². The lowest BCUT2D eigenvalue weighted by molar-refractivity contribution is -0.141. The molecule has 0 fully saturated rings. The second-order valence-corrected chi connectivity index (χ2v) is 3.72. The molecule has 82 valence electrons. The maximum absolute atomic E-state index is 13.0. The molecule has 1 atom stereocenters. The molecule has 0 amide bonds. The van der Waals surface area contributed by atoms with Crippen molar-refractivity contribution in [2.45, 2.75) is 26.7 Å². The van der Waals surface area contributed by atoms with Gasteiger partial charge in [-0.2, -0.15) is 0 Å². The van der Waals surface area contributed by atoms with Crippen molar-refractivity contribution < 1.29 is 14.3 Å². The third-order valence-corrected chi connectivity index (χ3v) is 2.62. The van der Waals surface area contributed by atoms with Gasteiger partial charge in [0.25, 0.3) is 0 Å². The molecule has 15 heavy (non-hydrogen) atoms. The van der Waals surface area contributed by atoms with Gasteiger partial charge in [0.1, 0.15) is 5.82 Å². The van der Waals surface area contributed by atoms with Crippen molar-refractivity contribution in [2.75, 3.05) is 0 Å². The molecule has 0 aromatic heterocycles. The molecule has 1 aromatic carbocycles. The van der Waals surface area contributed by atoms with Gasteiger partial charge < -0.3 is 5.11 Å². The largest absolute Gasteiger partial charge is 0.481 e. The van der Waals surface area contributed by atoms with Gasteiger partial charge in [0.05, 0.1) is 5.92 Å². The molecular formula is C12H15FO2. The molecule has 0 aliphatic rings. The van der Waals surface area contributed by atoms with Crippen LogP contribution in [0.15, 0.2) is 18.2 Å². The first-order chi connectivity index (χ1) is 7.04. The average molecular weight is 210 g/mol. The maximum atomic E-state index is 13.0. The number of hydrogen-bond donors (Lipinski definition) is 1. The summed E-state index contributed by atoms with van der Waals surface area (Å²) in [6.07, 6.45) is 0.959.